The standard InChI is InChI=1S/C17H22N2O3/c20-16-7-10-22-15-6-5-13(11-14(15)18-16)12-17(21)19-8-3-1-2-4-9-19/h5-6,11H,1-4,7-10,12H2,(H,18,20). The van der Waals surface area contributed by atoms with Crippen LogP contribution < -0.4 is 10.1 Å². The fraction of sp³-hybridized carbons (Fsp3) is 0.529. The number of benzene rings is 1. The molecule has 1 aromatic carbocycles. The van der Waals surface area contributed by atoms with Crippen molar-refractivity contribution in [2.45, 2.75) is 38.5 Å². The second-order valence-corrected chi connectivity index (χ2v) is 5.95. The van der Waals surface area contributed by atoms with E-state index in [9.17, 15) is 9.59 Å². The molecule has 2 aliphatic rings. The van der Waals surface area contributed by atoms with Gasteiger partial charge in [0.15, 0.2) is 0 Å². The number of carbonyl (C=O) groups excluding carboxylic acids is 2. The highest BCUT2D eigenvalue weighted by Crippen LogP contribution is 2.28. The molecular weight excluding hydrogens is 280 g/mol. The molecule has 1 aromatic rings. The van der Waals surface area contributed by atoms with Crippen LogP contribution >= 0.6 is 0 Å². The lowest BCUT2D eigenvalue weighted by atomic mass is 10.1. The second-order valence-electron chi connectivity index (χ2n) is 5.95. The zero-order chi connectivity index (χ0) is 15.4. The van der Waals surface area contributed by atoms with Crippen molar-refractivity contribution in [3.63, 3.8) is 0 Å². The molecule has 0 saturated carbocycles. The topological polar surface area (TPSA) is 58.6 Å². The molecule has 22 heavy (non-hydrogen) atoms. The van der Waals surface area contributed by atoms with Crippen LogP contribution in [0.2, 0.25) is 0 Å². The fourth-order valence-electron chi connectivity index (χ4n) is 2.98. The number of fused-ring (bicyclic) bond motifs is 1. The van der Waals surface area contributed by atoms with Gasteiger partial charge in [-0.2, -0.15) is 0 Å². The Morgan fingerprint density at radius 3 is 2.73 bits per heavy atom. The molecule has 0 bridgehead atoms. The first-order valence-corrected chi connectivity index (χ1v) is 8.06. The summed E-state index contributed by atoms with van der Waals surface area (Å²) in [7, 11) is 0. The Labute approximate surface area is 130 Å². The fourth-order valence-corrected chi connectivity index (χ4v) is 2.98. The normalized spacial score (nSPS) is 18.5. The van der Waals surface area contributed by atoms with Gasteiger partial charge in [-0.1, -0.05) is 18.9 Å². The summed E-state index contributed by atoms with van der Waals surface area (Å²) in [6.45, 7) is 2.12. The number of hydrogen-bond donors (Lipinski definition) is 1. The molecule has 2 heterocycles. The number of rotatable bonds is 2. The van der Waals surface area contributed by atoms with Crippen LogP contribution in [0.5, 0.6) is 5.75 Å². The van der Waals surface area contributed by atoms with E-state index in [1.807, 2.05) is 23.1 Å². The van der Waals surface area contributed by atoms with E-state index in [0.29, 0.717) is 30.9 Å². The lowest BCUT2D eigenvalue weighted by Gasteiger charge is -2.20. The summed E-state index contributed by atoms with van der Waals surface area (Å²) in [6.07, 6.45) is 5.36. The summed E-state index contributed by atoms with van der Waals surface area (Å²) in [5, 5.41) is 2.84. The zero-order valence-corrected chi connectivity index (χ0v) is 12.8. The lowest BCUT2D eigenvalue weighted by molar-refractivity contribution is -0.130. The molecule has 0 unspecified atom stereocenters. The summed E-state index contributed by atoms with van der Waals surface area (Å²) >= 11 is 0. The van der Waals surface area contributed by atoms with Crippen LogP contribution in [0.1, 0.15) is 37.7 Å². The van der Waals surface area contributed by atoms with Crippen LogP contribution in [0, 0.1) is 0 Å². The van der Waals surface area contributed by atoms with Crippen molar-refractivity contribution in [1.82, 2.24) is 4.90 Å². The molecule has 1 saturated heterocycles. The van der Waals surface area contributed by atoms with E-state index in [1.54, 1.807) is 0 Å². The highest BCUT2D eigenvalue weighted by Gasteiger charge is 2.18. The smallest absolute Gasteiger partial charge is 0.227 e. The maximum Gasteiger partial charge on any atom is 0.227 e. The van der Waals surface area contributed by atoms with E-state index in [-0.39, 0.29) is 11.8 Å². The van der Waals surface area contributed by atoms with E-state index in [0.717, 1.165) is 31.5 Å². The van der Waals surface area contributed by atoms with Crippen LogP contribution in [-0.4, -0.2) is 36.4 Å². The average molecular weight is 302 g/mol. The molecule has 0 radical (unpaired) electrons. The highest BCUT2D eigenvalue weighted by molar-refractivity contribution is 5.93. The number of amides is 2. The van der Waals surface area contributed by atoms with Crippen molar-refractivity contribution in [2.75, 3.05) is 25.0 Å². The van der Waals surface area contributed by atoms with Gasteiger partial charge in [-0.25, -0.2) is 0 Å². The Bertz CT molecular complexity index is 563. The van der Waals surface area contributed by atoms with Gasteiger partial charge in [-0.3, -0.25) is 9.59 Å². The molecule has 0 aromatic heterocycles. The van der Waals surface area contributed by atoms with Crippen LogP contribution in [0.25, 0.3) is 0 Å². The van der Waals surface area contributed by atoms with Crippen molar-refractivity contribution in [2.24, 2.45) is 0 Å². The summed E-state index contributed by atoms with van der Waals surface area (Å²) in [6, 6.07) is 5.60. The molecule has 2 aliphatic heterocycles. The van der Waals surface area contributed by atoms with Crippen LogP contribution in [0.4, 0.5) is 5.69 Å². The molecule has 3 rings (SSSR count). The monoisotopic (exact) mass is 302 g/mol. The molecule has 1 fully saturated rings. The minimum Gasteiger partial charge on any atom is -0.491 e. The Hall–Kier alpha value is -2.04. The van der Waals surface area contributed by atoms with E-state index >= 15 is 0 Å². The van der Waals surface area contributed by atoms with Crippen molar-refractivity contribution < 1.29 is 14.3 Å². The zero-order valence-electron chi connectivity index (χ0n) is 12.8. The quantitative estimate of drug-likeness (QED) is 0.912. The summed E-state index contributed by atoms with van der Waals surface area (Å²) < 4.78 is 5.53. The molecule has 5 heteroatoms. The molecular formula is C17H22N2O3. The largest absolute Gasteiger partial charge is 0.491 e. The molecule has 118 valence electrons. The van der Waals surface area contributed by atoms with Gasteiger partial charge < -0.3 is 15.0 Å². The van der Waals surface area contributed by atoms with Crippen molar-refractivity contribution >= 4 is 17.5 Å². The number of hydrogen-bond acceptors (Lipinski definition) is 3. The van der Waals surface area contributed by atoms with Crippen LogP contribution in [0.3, 0.4) is 0 Å². The molecule has 1 N–H and O–H groups in total. The number of anilines is 1. The van der Waals surface area contributed by atoms with Crippen molar-refractivity contribution in [3.05, 3.63) is 23.8 Å². The van der Waals surface area contributed by atoms with E-state index in [1.165, 1.54) is 12.8 Å². The number of nitrogens with one attached hydrogen (secondary N) is 1. The van der Waals surface area contributed by atoms with Gasteiger partial charge in [0.1, 0.15) is 5.75 Å². The van der Waals surface area contributed by atoms with Gasteiger partial charge in [0.25, 0.3) is 0 Å². The van der Waals surface area contributed by atoms with Crippen LogP contribution in [-0.2, 0) is 16.0 Å². The van der Waals surface area contributed by atoms with Gasteiger partial charge in [-0.05, 0) is 30.5 Å². The van der Waals surface area contributed by atoms with E-state index in [4.69, 9.17) is 4.74 Å². The van der Waals surface area contributed by atoms with Gasteiger partial charge in [-0.15, -0.1) is 0 Å². The predicted molar refractivity (Wildman–Crippen MR) is 83.9 cm³/mol. The molecule has 2 amide bonds. The number of ether oxygens (including phenoxy) is 1. The third-order valence-corrected chi connectivity index (χ3v) is 4.22. The number of likely N-dealkylation sites (tertiary alicyclic amines) is 1. The maximum atomic E-state index is 12.4. The Kier molecular flexibility index (Phi) is 4.61. The van der Waals surface area contributed by atoms with E-state index < -0.39 is 0 Å². The maximum absolute atomic E-state index is 12.4. The Morgan fingerprint density at radius 1 is 1.18 bits per heavy atom. The first-order valence-electron chi connectivity index (χ1n) is 8.06. The summed E-state index contributed by atoms with van der Waals surface area (Å²) in [5.74, 6) is 0.800. The summed E-state index contributed by atoms with van der Waals surface area (Å²) in [4.78, 5) is 26.0. The van der Waals surface area contributed by atoms with Gasteiger partial charge in [0.05, 0.1) is 25.1 Å². The third kappa shape index (κ3) is 3.59. The van der Waals surface area contributed by atoms with Crippen molar-refractivity contribution in [3.8, 4) is 5.75 Å². The highest BCUT2D eigenvalue weighted by atomic mass is 16.5. The molecule has 0 spiro atoms. The van der Waals surface area contributed by atoms with Crippen molar-refractivity contribution in [1.29, 1.82) is 0 Å². The average Bonchev–Trinajstić information content (AvgIpc) is 2.86. The van der Waals surface area contributed by atoms with Gasteiger partial charge >= 0.3 is 0 Å². The Balaban J connectivity index is 1.69. The predicted octanol–water partition coefficient (Wildman–Crippen LogP) is 2.35. The number of nitrogens with zero attached hydrogens (tertiary/aromatic N) is 1. The summed E-state index contributed by atoms with van der Waals surface area (Å²) in [5.41, 5.74) is 1.59. The third-order valence-electron chi connectivity index (χ3n) is 4.22. The lowest BCUT2D eigenvalue weighted by Crippen LogP contribution is -2.33. The first kappa shape index (κ1) is 14.9. The van der Waals surface area contributed by atoms with Crippen LogP contribution in [0.15, 0.2) is 18.2 Å². The number of carbonyl (C=O) groups is 2. The molecule has 5 nitrogen and oxygen atoms in total. The first-order chi connectivity index (χ1) is 10.7. The molecule has 0 aliphatic carbocycles. The van der Waals surface area contributed by atoms with Gasteiger partial charge in [0.2, 0.25) is 11.8 Å². The minimum atomic E-state index is -0.0465. The van der Waals surface area contributed by atoms with Gasteiger partial charge in [0, 0.05) is 13.1 Å². The Morgan fingerprint density at radius 2 is 1.95 bits per heavy atom. The second kappa shape index (κ2) is 6.81. The SMILES string of the molecule is O=C1CCOc2ccc(CC(=O)N3CCCCCC3)cc2N1. The molecule has 0 atom stereocenters. The van der Waals surface area contributed by atoms with E-state index in [2.05, 4.69) is 5.32 Å². The minimum absolute atomic E-state index is 0.0465.